The van der Waals surface area contributed by atoms with E-state index in [4.69, 9.17) is 28.9 Å². The SMILES string of the molecule is Cc1cc(C)nc(SCC(=O)Nc2ncc(Cc3cccc(OCc4cn(CCOCCOCCOCCOCCC(=O)Nc5ccc(C(=O)NCCCCCCC(=O)NO)cc5)nn4)c3)s2)n1. The highest BCUT2D eigenvalue weighted by Gasteiger charge is 2.12. The Hall–Kier alpha value is -5.88. The molecule has 68 heavy (non-hydrogen) atoms. The van der Waals surface area contributed by atoms with Crippen molar-refractivity contribution in [2.24, 2.45) is 0 Å². The van der Waals surface area contributed by atoms with Crippen LogP contribution in [0.15, 0.2) is 72.1 Å². The number of hydrogen-bond donors (Lipinski definition) is 5. The van der Waals surface area contributed by atoms with E-state index in [1.165, 1.54) is 23.1 Å². The van der Waals surface area contributed by atoms with Crippen LogP contribution in [-0.2, 0) is 52.9 Å². The van der Waals surface area contributed by atoms with Gasteiger partial charge in [0.15, 0.2) is 10.3 Å². The lowest BCUT2D eigenvalue weighted by molar-refractivity contribution is -0.129. The standard InChI is InChI=1S/C46H60N10O10S2/c1-33-26-34(2)50-46(49-33)67-32-43(59)52-45-48-29-40(68-45)28-35-8-7-9-39(27-35)66-31-38-30-56(55-53-38)17-19-63-21-23-65-25-24-64-22-20-62-18-15-41(57)51-37-13-11-36(12-14-37)44(60)47-16-6-4-3-5-10-42(58)54-61/h7-9,11-14,26-27,29-30,61H,3-6,10,15-25,28,31-32H2,1-2H3,(H,47,60)(H,51,57)(H,54,58)(H,48,52,59). The number of unbranched alkanes of at least 4 members (excludes halogenated alkanes) is 3. The molecule has 2 aromatic carbocycles. The number of thiazole rings is 1. The van der Waals surface area contributed by atoms with Crippen molar-refractivity contribution in [3.05, 3.63) is 100 Å². The molecular weight excluding hydrogens is 917 g/mol. The van der Waals surface area contributed by atoms with Gasteiger partial charge in [-0.25, -0.2) is 25.1 Å². The summed E-state index contributed by atoms with van der Waals surface area (Å²) < 4.78 is 30.0. The Balaban J connectivity index is 0.815. The molecule has 0 aliphatic rings. The molecule has 0 radical (unpaired) electrons. The highest BCUT2D eigenvalue weighted by Crippen LogP contribution is 2.24. The maximum atomic E-state index is 12.5. The number of nitrogens with zero attached hydrogens (tertiary/aromatic N) is 6. The van der Waals surface area contributed by atoms with E-state index in [2.05, 4.69) is 41.2 Å². The van der Waals surface area contributed by atoms with Crippen LogP contribution in [0.3, 0.4) is 0 Å². The number of amides is 4. The van der Waals surface area contributed by atoms with Crippen LogP contribution in [0.1, 0.15) is 76.4 Å². The summed E-state index contributed by atoms with van der Waals surface area (Å²) in [6.07, 6.45) is 7.84. The molecule has 5 rings (SSSR count). The second-order valence-corrected chi connectivity index (χ2v) is 17.3. The zero-order valence-corrected chi connectivity index (χ0v) is 40.0. The summed E-state index contributed by atoms with van der Waals surface area (Å²) >= 11 is 2.72. The predicted octanol–water partition coefficient (Wildman–Crippen LogP) is 5.32. The first-order valence-electron chi connectivity index (χ1n) is 22.3. The number of aryl methyl sites for hydroxylation is 2. The van der Waals surface area contributed by atoms with E-state index in [1.54, 1.807) is 40.6 Å². The van der Waals surface area contributed by atoms with Crippen LogP contribution >= 0.6 is 23.1 Å². The summed E-state index contributed by atoms with van der Waals surface area (Å²) in [6, 6.07) is 16.4. The second kappa shape index (κ2) is 30.5. The molecule has 0 spiro atoms. The first kappa shape index (κ1) is 53.1. The quantitative estimate of drug-likeness (QED) is 0.0117. The van der Waals surface area contributed by atoms with Gasteiger partial charge in [-0.2, -0.15) is 0 Å². The Morgan fingerprint density at radius 2 is 1.47 bits per heavy atom. The zero-order chi connectivity index (χ0) is 48.2. The van der Waals surface area contributed by atoms with Gasteiger partial charge in [0.25, 0.3) is 5.91 Å². The molecule has 5 aromatic rings. The van der Waals surface area contributed by atoms with Crippen LogP contribution in [0.2, 0.25) is 0 Å². The molecule has 0 fully saturated rings. The monoisotopic (exact) mass is 976 g/mol. The van der Waals surface area contributed by atoms with E-state index in [1.807, 2.05) is 50.4 Å². The Kier molecular flexibility index (Phi) is 23.8. The predicted molar refractivity (Wildman–Crippen MR) is 255 cm³/mol. The van der Waals surface area contributed by atoms with Crippen LogP contribution in [-0.4, -0.2) is 124 Å². The summed E-state index contributed by atoms with van der Waals surface area (Å²) in [5.41, 5.74) is 6.15. The number of rotatable bonds is 33. The summed E-state index contributed by atoms with van der Waals surface area (Å²) in [5, 5.41) is 26.5. The molecule has 0 aliphatic heterocycles. The average Bonchev–Trinajstić information content (AvgIpc) is 3.98. The van der Waals surface area contributed by atoms with Crippen molar-refractivity contribution in [3.8, 4) is 5.75 Å². The summed E-state index contributed by atoms with van der Waals surface area (Å²) in [7, 11) is 0. The summed E-state index contributed by atoms with van der Waals surface area (Å²) in [6.45, 7) is 8.16. The number of ether oxygens (including phenoxy) is 5. The Morgan fingerprint density at radius 1 is 0.765 bits per heavy atom. The lowest BCUT2D eigenvalue weighted by Crippen LogP contribution is -2.24. The smallest absolute Gasteiger partial charge is 0.251 e. The number of carbonyl (C=O) groups excluding carboxylic acids is 4. The number of benzene rings is 2. The Morgan fingerprint density at radius 3 is 2.21 bits per heavy atom. The van der Waals surface area contributed by atoms with Gasteiger partial charge in [0.1, 0.15) is 18.1 Å². The highest BCUT2D eigenvalue weighted by molar-refractivity contribution is 7.99. The molecule has 3 heterocycles. The minimum atomic E-state index is -0.396. The van der Waals surface area contributed by atoms with Crippen molar-refractivity contribution >= 4 is 57.5 Å². The first-order valence-corrected chi connectivity index (χ1v) is 24.1. The van der Waals surface area contributed by atoms with Crippen LogP contribution in [0.5, 0.6) is 5.75 Å². The molecule has 0 saturated carbocycles. The molecule has 3 aromatic heterocycles. The van der Waals surface area contributed by atoms with E-state index in [9.17, 15) is 19.2 Å². The normalized spacial score (nSPS) is 11.0. The number of nitrogens with one attached hydrogen (secondary N) is 4. The molecule has 0 saturated heterocycles. The van der Waals surface area contributed by atoms with Crippen LogP contribution in [0.4, 0.5) is 10.8 Å². The number of hydrogen-bond acceptors (Lipinski definition) is 17. The molecule has 0 aliphatic carbocycles. The molecule has 5 N–H and O–H groups in total. The minimum absolute atomic E-state index is 0.165. The number of carbonyl (C=O) groups is 4. The lowest BCUT2D eigenvalue weighted by Gasteiger charge is -2.09. The molecule has 0 unspecified atom stereocenters. The third-order valence-electron chi connectivity index (χ3n) is 9.57. The molecule has 366 valence electrons. The topological polar surface area (TPSA) is 252 Å². The maximum Gasteiger partial charge on any atom is 0.251 e. The third kappa shape index (κ3) is 21.4. The number of hydroxylamine groups is 1. The van der Waals surface area contributed by atoms with Crippen LogP contribution in [0, 0.1) is 13.8 Å². The summed E-state index contributed by atoms with van der Waals surface area (Å²) in [4.78, 5) is 62.3. The third-order valence-corrected chi connectivity index (χ3v) is 11.3. The number of anilines is 2. The molecule has 0 bridgehead atoms. The molecular formula is C46H60N10O10S2. The van der Waals surface area contributed by atoms with E-state index in [0.717, 1.165) is 41.1 Å². The van der Waals surface area contributed by atoms with Gasteiger partial charge in [-0.05, 0) is 74.7 Å². The maximum absolute atomic E-state index is 12.5. The molecule has 22 heteroatoms. The van der Waals surface area contributed by atoms with Crippen LogP contribution in [0.25, 0.3) is 0 Å². The van der Waals surface area contributed by atoms with Gasteiger partial charge in [-0.15, -0.1) is 16.4 Å². The zero-order valence-electron chi connectivity index (χ0n) is 38.4. The van der Waals surface area contributed by atoms with Gasteiger partial charge in [0, 0.05) is 53.1 Å². The summed E-state index contributed by atoms with van der Waals surface area (Å²) in [5.74, 6) is -0.0642. The highest BCUT2D eigenvalue weighted by atomic mass is 32.2. The lowest BCUT2D eigenvalue weighted by atomic mass is 10.1. The van der Waals surface area contributed by atoms with Crippen molar-refractivity contribution in [1.29, 1.82) is 0 Å². The van der Waals surface area contributed by atoms with Crippen LogP contribution < -0.4 is 26.2 Å². The van der Waals surface area contributed by atoms with Crippen molar-refractivity contribution in [1.82, 2.24) is 40.7 Å². The fraction of sp³-hybridized carbons (Fsp3) is 0.457. The largest absolute Gasteiger partial charge is 0.487 e. The van der Waals surface area contributed by atoms with Gasteiger partial charge >= 0.3 is 0 Å². The number of thioether (sulfide) groups is 1. The van der Waals surface area contributed by atoms with Gasteiger partial charge in [0.2, 0.25) is 17.7 Å². The minimum Gasteiger partial charge on any atom is -0.487 e. The van der Waals surface area contributed by atoms with Crippen molar-refractivity contribution < 1.29 is 48.1 Å². The molecule has 20 nitrogen and oxygen atoms in total. The number of aromatic nitrogens is 6. The van der Waals surface area contributed by atoms with Gasteiger partial charge in [0.05, 0.1) is 77.8 Å². The van der Waals surface area contributed by atoms with E-state index >= 15 is 0 Å². The average molecular weight is 977 g/mol. The van der Waals surface area contributed by atoms with E-state index in [-0.39, 0.29) is 49.5 Å². The van der Waals surface area contributed by atoms with Crippen molar-refractivity contribution in [2.45, 2.75) is 77.1 Å². The van der Waals surface area contributed by atoms with Gasteiger partial charge in [-0.3, -0.25) is 24.4 Å². The van der Waals surface area contributed by atoms with E-state index < -0.39 is 5.91 Å². The Labute approximate surface area is 403 Å². The van der Waals surface area contributed by atoms with Crippen molar-refractivity contribution in [2.75, 3.05) is 75.8 Å². The van der Waals surface area contributed by atoms with Crippen molar-refractivity contribution in [3.63, 3.8) is 0 Å². The van der Waals surface area contributed by atoms with E-state index in [0.29, 0.717) is 105 Å². The van der Waals surface area contributed by atoms with Gasteiger partial charge < -0.3 is 39.6 Å². The second-order valence-electron chi connectivity index (χ2n) is 15.3. The fourth-order valence-electron chi connectivity index (χ4n) is 6.25. The van der Waals surface area contributed by atoms with Gasteiger partial charge in [-0.1, -0.05) is 41.9 Å². The molecule has 4 amide bonds. The fourth-order valence-corrected chi connectivity index (χ4v) is 7.86. The first-order chi connectivity index (χ1) is 33.1. The molecule has 0 atom stereocenters. The Bertz CT molecular complexity index is 2290.